The molecule has 2 rings (SSSR count). The van der Waals surface area contributed by atoms with E-state index in [1.165, 1.54) is 0 Å². The van der Waals surface area contributed by atoms with Crippen molar-refractivity contribution in [1.29, 1.82) is 0 Å². The fraction of sp³-hybridized carbons (Fsp3) is 0.385. The summed E-state index contributed by atoms with van der Waals surface area (Å²) < 4.78 is 1.94. The van der Waals surface area contributed by atoms with E-state index in [1.807, 2.05) is 36.0 Å². The first kappa shape index (κ1) is 12.4. The van der Waals surface area contributed by atoms with Crippen LogP contribution in [-0.4, -0.2) is 21.8 Å². The van der Waals surface area contributed by atoms with E-state index in [-0.39, 0.29) is 0 Å². The predicted molar refractivity (Wildman–Crippen MR) is 73.4 cm³/mol. The Labute approximate surface area is 107 Å². The van der Waals surface area contributed by atoms with Gasteiger partial charge in [0.25, 0.3) is 0 Å². The smallest absolute Gasteiger partial charge is 0.146 e. The van der Waals surface area contributed by atoms with Gasteiger partial charge in [-0.15, -0.1) is 0 Å². The Morgan fingerprint density at radius 3 is 2.56 bits per heavy atom. The van der Waals surface area contributed by atoms with Crippen LogP contribution in [0, 0.1) is 0 Å². The molecular formula is C13H19N5. The van der Waals surface area contributed by atoms with Crippen molar-refractivity contribution in [3.05, 3.63) is 36.4 Å². The van der Waals surface area contributed by atoms with E-state index >= 15 is 0 Å². The van der Waals surface area contributed by atoms with Crippen molar-refractivity contribution in [3.63, 3.8) is 0 Å². The van der Waals surface area contributed by atoms with Gasteiger partial charge in [0.2, 0.25) is 0 Å². The molecule has 1 aromatic heterocycles. The van der Waals surface area contributed by atoms with Crippen LogP contribution in [0.3, 0.4) is 0 Å². The van der Waals surface area contributed by atoms with Gasteiger partial charge in [-0.1, -0.05) is 0 Å². The SMILES string of the molecule is CC(C)n1ncnc1CN(C)c1ccc(N)cc1. The van der Waals surface area contributed by atoms with Crippen molar-refractivity contribution in [2.24, 2.45) is 0 Å². The molecule has 0 atom stereocenters. The fourth-order valence-electron chi connectivity index (χ4n) is 1.85. The number of benzene rings is 1. The van der Waals surface area contributed by atoms with E-state index in [4.69, 9.17) is 5.73 Å². The maximum Gasteiger partial charge on any atom is 0.146 e. The average molecular weight is 245 g/mol. The molecular weight excluding hydrogens is 226 g/mol. The Hall–Kier alpha value is -2.04. The van der Waals surface area contributed by atoms with Gasteiger partial charge in [-0.25, -0.2) is 9.67 Å². The zero-order valence-electron chi connectivity index (χ0n) is 11.0. The number of nitrogens with two attached hydrogens (primary N) is 1. The van der Waals surface area contributed by atoms with Crippen molar-refractivity contribution in [2.45, 2.75) is 26.4 Å². The summed E-state index contributed by atoms with van der Waals surface area (Å²) in [5, 5.41) is 4.24. The van der Waals surface area contributed by atoms with Gasteiger partial charge in [0, 0.05) is 24.5 Å². The van der Waals surface area contributed by atoms with E-state index in [9.17, 15) is 0 Å². The molecule has 1 heterocycles. The minimum Gasteiger partial charge on any atom is -0.399 e. The molecule has 2 aromatic rings. The van der Waals surface area contributed by atoms with Gasteiger partial charge in [0.05, 0.1) is 6.54 Å². The highest BCUT2D eigenvalue weighted by atomic mass is 15.4. The van der Waals surface area contributed by atoms with Crippen LogP contribution in [0.2, 0.25) is 0 Å². The Balaban J connectivity index is 2.13. The molecule has 1 aromatic carbocycles. The number of hydrogen-bond acceptors (Lipinski definition) is 4. The lowest BCUT2D eigenvalue weighted by atomic mass is 10.2. The van der Waals surface area contributed by atoms with Crippen LogP contribution in [0.15, 0.2) is 30.6 Å². The van der Waals surface area contributed by atoms with E-state index in [1.54, 1.807) is 6.33 Å². The quantitative estimate of drug-likeness (QED) is 0.838. The van der Waals surface area contributed by atoms with Crippen LogP contribution in [0.1, 0.15) is 25.7 Å². The molecule has 0 unspecified atom stereocenters. The van der Waals surface area contributed by atoms with Gasteiger partial charge in [0.15, 0.2) is 0 Å². The number of aromatic nitrogens is 3. The Morgan fingerprint density at radius 1 is 1.28 bits per heavy atom. The number of nitrogen functional groups attached to an aromatic ring is 1. The van der Waals surface area contributed by atoms with Gasteiger partial charge in [-0.05, 0) is 38.1 Å². The van der Waals surface area contributed by atoms with Crippen molar-refractivity contribution < 1.29 is 0 Å². The van der Waals surface area contributed by atoms with Crippen molar-refractivity contribution >= 4 is 11.4 Å². The summed E-state index contributed by atoms with van der Waals surface area (Å²) in [4.78, 5) is 6.43. The molecule has 0 bridgehead atoms. The molecule has 0 aliphatic carbocycles. The fourth-order valence-corrected chi connectivity index (χ4v) is 1.85. The third-order valence-corrected chi connectivity index (χ3v) is 2.85. The van der Waals surface area contributed by atoms with Crippen LogP contribution in [0.5, 0.6) is 0 Å². The van der Waals surface area contributed by atoms with Crippen molar-refractivity contribution in [2.75, 3.05) is 17.7 Å². The first-order chi connectivity index (χ1) is 8.58. The molecule has 5 nitrogen and oxygen atoms in total. The van der Waals surface area contributed by atoms with E-state index in [0.717, 1.165) is 23.7 Å². The van der Waals surface area contributed by atoms with Crippen LogP contribution in [0.25, 0.3) is 0 Å². The summed E-state index contributed by atoms with van der Waals surface area (Å²) >= 11 is 0. The van der Waals surface area contributed by atoms with Crippen LogP contribution < -0.4 is 10.6 Å². The van der Waals surface area contributed by atoms with Gasteiger partial charge < -0.3 is 10.6 Å². The molecule has 18 heavy (non-hydrogen) atoms. The molecule has 0 saturated heterocycles. The summed E-state index contributed by atoms with van der Waals surface area (Å²) in [6.07, 6.45) is 1.60. The lowest BCUT2D eigenvalue weighted by Crippen LogP contribution is -2.20. The van der Waals surface area contributed by atoms with Crippen LogP contribution in [0.4, 0.5) is 11.4 Å². The maximum absolute atomic E-state index is 5.68. The monoisotopic (exact) mass is 245 g/mol. The molecule has 0 spiro atoms. The number of anilines is 2. The zero-order chi connectivity index (χ0) is 13.1. The lowest BCUT2D eigenvalue weighted by Gasteiger charge is -2.20. The molecule has 0 aliphatic rings. The second kappa shape index (κ2) is 5.08. The molecule has 2 N–H and O–H groups in total. The third-order valence-electron chi connectivity index (χ3n) is 2.85. The predicted octanol–water partition coefficient (Wildman–Crippen LogP) is 2.08. The minimum absolute atomic E-state index is 0.322. The maximum atomic E-state index is 5.68. The number of hydrogen-bond donors (Lipinski definition) is 1. The standard InChI is InChI=1S/C13H19N5/c1-10(2)18-13(15-9-16-18)8-17(3)12-6-4-11(14)5-7-12/h4-7,9-10H,8,14H2,1-3H3. The second-order valence-corrected chi connectivity index (χ2v) is 4.66. The van der Waals surface area contributed by atoms with E-state index in [2.05, 4.69) is 28.8 Å². The first-order valence-electron chi connectivity index (χ1n) is 6.03. The molecule has 0 fully saturated rings. The van der Waals surface area contributed by atoms with Crippen LogP contribution >= 0.6 is 0 Å². The van der Waals surface area contributed by atoms with Crippen molar-refractivity contribution in [3.8, 4) is 0 Å². The molecule has 0 radical (unpaired) electrons. The normalized spacial score (nSPS) is 10.9. The topological polar surface area (TPSA) is 60.0 Å². The van der Waals surface area contributed by atoms with Gasteiger partial charge in [0.1, 0.15) is 12.2 Å². The van der Waals surface area contributed by atoms with Gasteiger partial charge in [-0.2, -0.15) is 5.10 Å². The minimum atomic E-state index is 0.322. The van der Waals surface area contributed by atoms with Crippen LogP contribution in [-0.2, 0) is 6.54 Å². The van der Waals surface area contributed by atoms with Gasteiger partial charge in [-0.3, -0.25) is 0 Å². The van der Waals surface area contributed by atoms with Gasteiger partial charge >= 0.3 is 0 Å². The molecule has 5 heteroatoms. The second-order valence-electron chi connectivity index (χ2n) is 4.66. The number of nitrogens with zero attached hydrogens (tertiary/aromatic N) is 4. The first-order valence-corrected chi connectivity index (χ1v) is 6.03. The average Bonchev–Trinajstić information content (AvgIpc) is 2.78. The summed E-state index contributed by atoms with van der Waals surface area (Å²) in [6, 6.07) is 8.14. The molecule has 0 saturated carbocycles. The highest BCUT2D eigenvalue weighted by molar-refractivity contribution is 5.52. The summed E-state index contributed by atoms with van der Waals surface area (Å²) in [6.45, 7) is 4.92. The largest absolute Gasteiger partial charge is 0.399 e. The number of rotatable bonds is 4. The Bertz CT molecular complexity index is 500. The lowest BCUT2D eigenvalue weighted by molar-refractivity contribution is 0.503. The third kappa shape index (κ3) is 2.61. The highest BCUT2D eigenvalue weighted by Crippen LogP contribution is 2.17. The summed E-state index contributed by atoms with van der Waals surface area (Å²) in [5.74, 6) is 0.962. The Kier molecular flexibility index (Phi) is 3.50. The van der Waals surface area contributed by atoms with E-state index in [0.29, 0.717) is 6.04 Å². The molecule has 0 amide bonds. The summed E-state index contributed by atoms with van der Waals surface area (Å²) in [7, 11) is 2.03. The summed E-state index contributed by atoms with van der Waals surface area (Å²) in [5.41, 5.74) is 7.57. The van der Waals surface area contributed by atoms with Crippen molar-refractivity contribution in [1.82, 2.24) is 14.8 Å². The molecule has 96 valence electrons. The Morgan fingerprint density at radius 2 is 1.94 bits per heavy atom. The highest BCUT2D eigenvalue weighted by Gasteiger charge is 2.10. The van der Waals surface area contributed by atoms with E-state index < -0.39 is 0 Å². The zero-order valence-corrected chi connectivity index (χ0v) is 11.0. The molecule has 0 aliphatic heterocycles.